The fraction of sp³-hybridized carbons (Fsp3) is 1.00. The monoisotopic (exact) mass is 515 g/mol. The highest BCUT2D eigenvalue weighted by molar-refractivity contribution is 7.84. The first-order valence-electron chi connectivity index (χ1n) is 5.90. The molecule has 0 aliphatic rings. The normalized spacial score (nSPS) is 16.7. The Morgan fingerprint density at radius 1 is 0.467 bits per heavy atom. The zero-order valence-electron chi connectivity index (χ0n) is 12.6. The van der Waals surface area contributed by atoms with E-state index in [9.17, 15) is 83.1 Å². The van der Waals surface area contributed by atoms with Gasteiger partial charge >= 0.3 is 58.1 Å². The predicted molar refractivity (Wildman–Crippen MR) is 54.9 cm³/mol. The molecule has 0 aromatic heterocycles. The Kier molecular flexibility index (Phi) is 6.54. The van der Waals surface area contributed by atoms with E-state index in [1.165, 1.54) is 0 Å². The summed E-state index contributed by atoms with van der Waals surface area (Å²) in [7, 11) is -6.49. The minimum Gasteiger partial charge on any atom is -0.205 e. The molecule has 0 aliphatic carbocycles. The van der Waals surface area contributed by atoms with Crippen molar-refractivity contribution in [2.75, 3.05) is 0 Å². The topological polar surface area (TPSA) is 69.4 Å². The summed E-state index contributed by atoms with van der Waals surface area (Å²) >= 11 is 0. The molecule has 0 saturated heterocycles. The Labute approximate surface area is 152 Å². The van der Waals surface area contributed by atoms with Crippen LogP contribution >= 0.6 is 0 Å². The van der Waals surface area contributed by atoms with E-state index in [-0.39, 0.29) is 0 Å². The standard InChI is InChI=1S/C8H2F17NO3S/c9-1(10,3(13,14)5(17,18)7(21,22)23)2(11,12)4(15,16)6(19,20)8(24,25)29-30(26,27)28/h(H2,26,27,28). The molecule has 22 heteroatoms. The molecule has 30 heavy (non-hydrogen) atoms. The first kappa shape index (κ1) is 28.7. The molecule has 0 saturated carbocycles. The van der Waals surface area contributed by atoms with Gasteiger partial charge < -0.3 is 0 Å². The summed E-state index contributed by atoms with van der Waals surface area (Å²) in [5.41, 5.74) is 0. The van der Waals surface area contributed by atoms with Gasteiger partial charge in [0, 0.05) is 0 Å². The predicted octanol–water partition coefficient (Wildman–Crippen LogP) is 4.17. The van der Waals surface area contributed by atoms with Crippen molar-refractivity contribution in [2.24, 2.45) is 5.14 Å². The van der Waals surface area contributed by atoms with E-state index >= 15 is 0 Å². The highest BCUT2D eigenvalue weighted by Gasteiger charge is 2.95. The summed E-state index contributed by atoms with van der Waals surface area (Å²) in [6, 6.07) is 0. The largest absolute Gasteiger partial charge is 0.460 e. The average molecular weight is 515 g/mol. The van der Waals surface area contributed by atoms with Gasteiger partial charge in [-0.25, -0.2) is 5.14 Å². The van der Waals surface area contributed by atoms with E-state index in [4.69, 9.17) is 0 Å². The number of rotatable bonds is 8. The van der Waals surface area contributed by atoms with Crippen LogP contribution in [0, 0.1) is 0 Å². The van der Waals surface area contributed by atoms with E-state index in [0.29, 0.717) is 0 Å². The number of hydrogen-bond acceptors (Lipinski definition) is 3. The van der Waals surface area contributed by atoms with E-state index in [0.717, 1.165) is 0 Å². The Hall–Kier alpha value is -1.32. The molecule has 0 aliphatic heterocycles. The third kappa shape index (κ3) is 3.84. The maximum atomic E-state index is 13.1. The van der Waals surface area contributed by atoms with Gasteiger partial charge in [-0.05, 0) is 0 Å². The first-order chi connectivity index (χ1) is 12.5. The molecule has 0 aromatic rings. The van der Waals surface area contributed by atoms with E-state index in [1.54, 1.807) is 4.18 Å². The fourth-order valence-corrected chi connectivity index (χ4v) is 1.74. The maximum absolute atomic E-state index is 13.1. The van der Waals surface area contributed by atoms with E-state index < -0.39 is 58.1 Å². The van der Waals surface area contributed by atoms with Crippen LogP contribution in [-0.2, 0) is 14.5 Å². The minimum atomic E-state index is -8.83. The molecule has 4 nitrogen and oxygen atoms in total. The smallest absolute Gasteiger partial charge is 0.205 e. The quantitative estimate of drug-likeness (QED) is 0.494. The summed E-state index contributed by atoms with van der Waals surface area (Å²) in [6.07, 6.45) is -15.4. The van der Waals surface area contributed by atoms with Crippen LogP contribution in [0.15, 0.2) is 0 Å². The number of hydrogen-bond donors (Lipinski definition) is 1. The SMILES string of the molecule is NS(=O)(=O)OC(F)(F)C(F)(F)C(F)(F)C(F)(F)C(F)(F)C(F)(F)C(F)(F)C(F)(F)F. The van der Waals surface area contributed by atoms with Crippen molar-refractivity contribution in [3.05, 3.63) is 0 Å². The van der Waals surface area contributed by atoms with Crippen molar-refractivity contribution in [2.45, 2.75) is 47.8 Å². The molecule has 0 fully saturated rings. The van der Waals surface area contributed by atoms with Crippen LogP contribution in [0.3, 0.4) is 0 Å². The Balaban J connectivity index is 6.77. The van der Waals surface area contributed by atoms with Gasteiger partial charge in [0.15, 0.2) is 0 Å². The Morgan fingerprint density at radius 2 is 0.700 bits per heavy atom. The van der Waals surface area contributed by atoms with Crippen molar-refractivity contribution in [1.82, 2.24) is 0 Å². The lowest BCUT2D eigenvalue weighted by Crippen LogP contribution is -2.74. The van der Waals surface area contributed by atoms with Crippen molar-refractivity contribution in [1.29, 1.82) is 0 Å². The first-order valence-corrected chi connectivity index (χ1v) is 7.37. The third-order valence-corrected chi connectivity index (χ3v) is 3.36. The molecular weight excluding hydrogens is 513 g/mol. The van der Waals surface area contributed by atoms with Crippen molar-refractivity contribution in [3.8, 4) is 0 Å². The lowest BCUT2D eigenvalue weighted by Gasteiger charge is -2.42. The molecule has 0 bridgehead atoms. The Bertz CT molecular complexity index is 753. The lowest BCUT2D eigenvalue weighted by molar-refractivity contribution is -0.471. The van der Waals surface area contributed by atoms with Gasteiger partial charge in [0.05, 0.1) is 0 Å². The Morgan fingerprint density at radius 3 is 0.933 bits per heavy atom. The summed E-state index contributed by atoms with van der Waals surface area (Å²) < 4.78 is 238. The van der Waals surface area contributed by atoms with Gasteiger partial charge in [0.2, 0.25) is 0 Å². The van der Waals surface area contributed by atoms with Crippen LogP contribution in [0.25, 0.3) is 0 Å². The van der Waals surface area contributed by atoms with Gasteiger partial charge in [0.25, 0.3) is 0 Å². The van der Waals surface area contributed by atoms with E-state index in [2.05, 4.69) is 5.14 Å². The van der Waals surface area contributed by atoms with Crippen molar-refractivity contribution < 1.29 is 87.2 Å². The molecule has 0 amide bonds. The summed E-state index contributed by atoms with van der Waals surface area (Å²) in [5.74, 6) is -51.5. The van der Waals surface area contributed by atoms with Crippen LogP contribution in [0.2, 0.25) is 0 Å². The molecule has 0 heterocycles. The zero-order valence-corrected chi connectivity index (χ0v) is 13.5. The molecule has 0 aromatic carbocycles. The molecule has 182 valence electrons. The van der Waals surface area contributed by atoms with Gasteiger partial charge in [-0.3, -0.25) is 0 Å². The van der Waals surface area contributed by atoms with Crippen LogP contribution in [0.1, 0.15) is 0 Å². The molecule has 0 radical (unpaired) electrons. The average Bonchev–Trinajstić information content (AvgIpc) is 2.41. The molecule has 0 spiro atoms. The molecular formula is C8H2F17NO3S. The van der Waals surface area contributed by atoms with Crippen molar-refractivity contribution in [3.63, 3.8) is 0 Å². The fourth-order valence-electron chi connectivity index (χ4n) is 1.35. The maximum Gasteiger partial charge on any atom is 0.460 e. The summed E-state index contributed by atoms with van der Waals surface area (Å²) in [4.78, 5) is 0. The van der Waals surface area contributed by atoms with Crippen LogP contribution < -0.4 is 5.14 Å². The molecule has 0 atom stereocenters. The zero-order chi connectivity index (χ0) is 25.2. The van der Waals surface area contributed by atoms with Crippen LogP contribution in [-0.4, -0.2) is 56.2 Å². The van der Waals surface area contributed by atoms with Crippen LogP contribution in [0.5, 0.6) is 0 Å². The van der Waals surface area contributed by atoms with Crippen LogP contribution in [0.4, 0.5) is 74.6 Å². The third-order valence-electron chi connectivity index (χ3n) is 2.91. The van der Waals surface area contributed by atoms with E-state index in [1.807, 2.05) is 0 Å². The molecule has 0 rings (SSSR count). The lowest BCUT2D eigenvalue weighted by atomic mass is 9.91. The summed E-state index contributed by atoms with van der Waals surface area (Å²) in [6.45, 7) is 0. The molecule has 0 unspecified atom stereocenters. The second-order valence-electron chi connectivity index (χ2n) is 5.04. The molecule has 2 N–H and O–H groups in total. The highest BCUT2D eigenvalue weighted by atomic mass is 32.2. The number of nitrogens with two attached hydrogens (primary N) is 1. The van der Waals surface area contributed by atoms with Gasteiger partial charge in [0.1, 0.15) is 0 Å². The summed E-state index contributed by atoms with van der Waals surface area (Å²) in [5, 5.41) is 3.54. The number of alkyl halides is 17. The van der Waals surface area contributed by atoms with Gasteiger partial charge in [-0.1, -0.05) is 0 Å². The van der Waals surface area contributed by atoms with Crippen molar-refractivity contribution >= 4 is 10.3 Å². The number of halogens is 17. The van der Waals surface area contributed by atoms with Gasteiger partial charge in [-0.2, -0.15) is 87.2 Å². The second kappa shape index (κ2) is 6.84. The second-order valence-corrected chi connectivity index (χ2v) is 6.19. The highest BCUT2D eigenvalue weighted by Crippen LogP contribution is 2.64. The van der Waals surface area contributed by atoms with Gasteiger partial charge in [-0.15, -0.1) is 0 Å². The minimum absolute atomic E-state index is 1.78.